The van der Waals surface area contributed by atoms with Crippen molar-refractivity contribution in [1.29, 1.82) is 0 Å². The van der Waals surface area contributed by atoms with Gasteiger partial charge in [0.15, 0.2) is 29.1 Å². The smallest absolute Gasteiger partial charge is 0.194 e. The highest BCUT2D eigenvalue weighted by atomic mass is 19.2. The molecule has 1 saturated carbocycles. The summed E-state index contributed by atoms with van der Waals surface area (Å²) in [5.41, 5.74) is 0.210. The molecule has 1 aliphatic carbocycles. The molecule has 1 fully saturated rings. The second-order valence-electron chi connectivity index (χ2n) is 5.56. The molecule has 0 spiro atoms. The number of hydrogen-bond donors (Lipinski definition) is 1. The summed E-state index contributed by atoms with van der Waals surface area (Å²) < 4.78 is 41.7. The fraction of sp³-hybridized carbons (Fsp3) is 0.429. The third kappa shape index (κ3) is 2.03. The lowest BCUT2D eigenvalue weighted by atomic mass is 10.1. The first-order valence-corrected chi connectivity index (χ1v) is 6.96. The van der Waals surface area contributed by atoms with Crippen LogP contribution in [-0.2, 0) is 6.54 Å². The lowest BCUT2D eigenvalue weighted by molar-refractivity contribution is 0.383. The maximum absolute atomic E-state index is 13.4. The largest absolute Gasteiger partial charge is 0.308 e. The molecule has 1 atom stereocenters. The van der Waals surface area contributed by atoms with Gasteiger partial charge in [0.2, 0.25) is 0 Å². The van der Waals surface area contributed by atoms with Gasteiger partial charge in [-0.1, -0.05) is 0 Å². The summed E-state index contributed by atoms with van der Waals surface area (Å²) in [6.45, 7) is 1.38. The second-order valence-corrected chi connectivity index (χ2v) is 5.56. The van der Waals surface area contributed by atoms with E-state index < -0.39 is 17.5 Å². The van der Waals surface area contributed by atoms with Gasteiger partial charge >= 0.3 is 0 Å². The van der Waals surface area contributed by atoms with Gasteiger partial charge in [0.1, 0.15) is 0 Å². The predicted octanol–water partition coefficient (Wildman–Crippen LogP) is 2.42. The molecular weight excluding hydrogens is 281 g/mol. The van der Waals surface area contributed by atoms with Crippen molar-refractivity contribution in [3.05, 3.63) is 35.4 Å². The topological polar surface area (TPSA) is 42.7 Å². The summed E-state index contributed by atoms with van der Waals surface area (Å²) in [4.78, 5) is 0. The minimum atomic E-state index is -1.46. The summed E-state index contributed by atoms with van der Waals surface area (Å²) in [6.07, 6.45) is 2.30. The van der Waals surface area contributed by atoms with Crippen molar-refractivity contribution in [3.8, 4) is 11.4 Å². The summed E-state index contributed by atoms with van der Waals surface area (Å²) in [7, 11) is 0. The Hall–Kier alpha value is -1.89. The molecule has 1 aromatic carbocycles. The van der Waals surface area contributed by atoms with Gasteiger partial charge in [-0.25, -0.2) is 13.2 Å². The Morgan fingerprint density at radius 1 is 1.10 bits per heavy atom. The highest BCUT2D eigenvalue weighted by Gasteiger charge is 2.37. The standard InChI is InChI=1S/C14H13F3N4/c15-9-5-8(6-10(16)11(9)17)13-19-20-14-12(7-1-2-7)18-3-4-21(13)14/h5-7,12,18H,1-4H2. The highest BCUT2D eigenvalue weighted by Crippen LogP contribution is 2.42. The Morgan fingerprint density at radius 3 is 2.48 bits per heavy atom. The van der Waals surface area contributed by atoms with Gasteiger partial charge in [-0.3, -0.25) is 0 Å². The van der Waals surface area contributed by atoms with E-state index in [1.54, 1.807) is 0 Å². The zero-order valence-corrected chi connectivity index (χ0v) is 11.1. The molecule has 1 aliphatic heterocycles. The van der Waals surface area contributed by atoms with Crippen molar-refractivity contribution in [2.45, 2.75) is 25.4 Å². The van der Waals surface area contributed by atoms with Crippen LogP contribution >= 0.6 is 0 Å². The Kier molecular flexibility index (Phi) is 2.78. The minimum absolute atomic E-state index is 0.148. The number of aromatic nitrogens is 3. The van der Waals surface area contributed by atoms with E-state index in [0.29, 0.717) is 18.3 Å². The number of nitrogens with one attached hydrogen (secondary N) is 1. The van der Waals surface area contributed by atoms with Crippen LogP contribution in [0.4, 0.5) is 13.2 Å². The average molecular weight is 294 g/mol. The molecule has 7 heteroatoms. The van der Waals surface area contributed by atoms with Gasteiger partial charge in [0.25, 0.3) is 0 Å². The van der Waals surface area contributed by atoms with Crippen molar-refractivity contribution in [1.82, 2.24) is 20.1 Å². The van der Waals surface area contributed by atoms with E-state index in [4.69, 9.17) is 0 Å². The maximum Gasteiger partial charge on any atom is 0.194 e. The van der Waals surface area contributed by atoms with Gasteiger partial charge in [-0.05, 0) is 30.9 Å². The van der Waals surface area contributed by atoms with Crippen LogP contribution in [-0.4, -0.2) is 21.3 Å². The van der Waals surface area contributed by atoms with Gasteiger partial charge in [0.05, 0.1) is 6.04 Å². The number of halogens is 3. The highest BCUT2D eigenvalue weighted by molar-refractivity contribution is 5.56. The van der Waals surface area contributed by atoms with E-state index in [1.807, 2.05) is 4.57 Å². The van der Waals surface area contributed by atoms with E-state index in [0.717, 1.165) is 37.3 Å². The number of nitrogens with zero attached hydrogens (tertiary/aromatic N) is 3. The van der Waals surface area contributed by atoms with Crippen molar-refractivity contribution >= 4 is 0 Å². The lowest BCUT2D eigenvalue weighted by Crippen LogP contribution is -2.35. The quantitative estimate of drug-likeness (QED) is 0.865. The van der Waals surface area contributed by atoms with Crippen LogP contribution in [0.5, 0.6) is 0 Å². The molecule has 0 radical (unpaired) electrons. The van der Waals surface area contributed by atoms with E-state index in [2.05, 4.69) is 15.5 Å². The molecule has 1 aromatic heterocycles. The fourth-order valence-corrected chi connectivity index (χ4v) is 2.89. The molecule has 0 bridgehead atoms. The molecule has 1 N–H and O–H groups in total. The van der Waals surface area contributed by atoms with Crippen LogP contribution in [0.3, 0.4) is 0 Å². The summed E-state index contributed by atoms with van der Waals surface area (Å²) in [6, 6.07) is 2.07. The molecule has 110 valence electrons. The number of rotatable bonds is 2. The minimum Gasteiger partial charge on any atom is -0.308 e. The summed E-state index contributed by atoms with van der Waals surface area (Å²) in [5.74, 6) is -2.15. The molecular formula is C14H13F3N4. The van der Waals surface area contributed by atoms with Crippen LogP contribution < -0.4 is 5.32 Å². The van der Waals surface area contributed by atoms with Crippen LogP contribution in [0.15, 0.2) is 12.1 Å². The van der Waals surface area contributed by atoms with Crippen molar-refractivity contribution in [2.24, 2.45) is 5.92 Å². The van der Waals surface area contributed by atoms with Gasteiger partial charge in [-0.15, -0.1) is 10.2 Å². The van der Waals surface area contributed by atoms with Gasteiger partial charge in [0, 0.05) is 18.7 Å². The lowest BCUT2D eigenvalue weighted by Gasteiger charge is -2.25. The zero-order chi connectivity index (χ0) is 14.6. The fourth-order valence-electron chi connectivity index (χ4n) is 2.89. The van der Waals surface area contributed by atoms with Crippen LogP contribution in [0.1, 0.15) is 24.7 Å². The predicted molar refractivity (Wildman–Crippen MR) is 68.8 cm³/mol. The molecule has 2 heterocycles. The number of benzene rings is 1. The maximum atomic E-state index is 13.4. The van der Waals surface area contributed by atoms with Gasteiger partial charge in [-0.2, -0.15) is 0 Å². The molecule has 2 aromatic rings. The average Bonchev–Trinajstić information content (AvgIpc) is 3.22. The van der Waals surface area contributed by atoms with Crippen molar-refractivity contribution in [2.75, 3.05) is 6.54 Å². The monoisotopic (exact) mass is 294 g/mol. The Balaban J connectivity index is 1.80. The molecule has 0 saturated heterocycles. The third-order valence-corrected chi connectivity index (χ3v) is 4.09. The number of fused-ring (bicyclic) bond motifs is 1. The first-order valence-electron chi connectivity index (χ1n) is 6.96. The zero-order valence-electron chi connectivity index (χ0n) is 11.1. The van der Waals surface area contributed by atoms with Crippen molar-refractivity contribution < 1.29 is 13.2 Å². The van der Waals surface area contributed by atoms with E-state index in [1.165, 1.54) is 0 Å². The van der Waals surface area contributed by atoms with Crippen LogP contribution in [0, 0.1) is 23.4 Å². The van der Waals surface area contributed by atoms with Crippen molar-refractivity contribution in [3.63, 3.8) is 0 Å². The molecule has 4 rings (SSSR count). The first kappa shape index (κ1) is 12.8. The Morgan fingerprint density at radius 2 is 1.81 bits per heavy atom. The molecule has 21 heavy (non-hydrogen) atoms. The Labute approximate surface area is 119 Å². The summed E-state index contributed by atoms with van der Waals surface area (Å²) >= 11 is 0. The summed E-state index contributed by atoms with van der Waals surface area (Å²) in [5, 5.41) is 11.6. The second kappa shape index (κ2) is 4.56. The SMILES string of the molecule is Fc1cc(-c2nnc3n2CCNC3C2CC2)cc(F)c1F. The van der Waals surface area contributed by atoms with E-state index in [9.17, 15) is 13.2 Å². The van der Waals surface area contributed by atoms with Crippen LogP contribution in [0.2, 0.25) is 0 Å². The van der Waals surface area contributed by atoms with E-state index in [-0.39, 0.29) is 11.6 Å². The van der Waals surface area contributed by atoms with Gasteiger partial charge < -0.3 is 9.88 Å². The molecule has 2 aliphatic rings. The normalized spacial score (nSPS) is 21.4. The van der Waals surface area contributed by atoms with E-state index >= 15 is 0 Å². The van der Waals surface area contributed by atoms with Crippen LogP contribution in [0.25, 0.3) is 11.4 Å². The number of hydrogen-bond acceptors (Lipinski definition) is 3. The first-order chi connectivity index (χ1) is 10.1. The molecule has 0 amide bonds. The Bertz CT molecular complexity index is 685. The molecule has 4 nitrogen and oxygen atoms in total. The molecule has 1 unspecified atom stereocenters. The third-order valence-electron chi connectivity index (χ3n) is 4.09.